The van der Waals surface area contributed by atoms with E-state index in [2.05, 4.69) is 33.0 Å². The summed E-state index contributed by atoms with van der Waals surface area (Å²) in [5, 5.41) is 4.10. The topological polar surface area (TPSA) is 52.0 Å². The van der Waals surface area contributed by atoms with Crippen molar-refractivity contribution < 1.29 is 19.2 Å². The maximum absolute atomic E-state index is 12.7. The van der Waals surface area contributed by atoms with Gasteiger partial charge in [-0.15, -0.1) is 11.3 Å². The Bertz CT molecular complexity index is 791. The molecule has 1 aromatic carbocycles. The molecule has 2 heterocycles. The molecule has 27 heavy (non-hydrogen) atoms. The molecule has 146 valence electrons. The number of carbonyl (C=O) groups excluding carboxylic acids is 1. The third kappa shape index (κ3) is 4.69. The second kappa shape index (κ2) is 8.42. The molecule has 1 fully saturated rings. The van der Waals surface area contributed by atoms with Gasteiger partial charge in [-0.25, -0.2) is 0 Å². The van der Waals surface area contributed by atoms with Crippen LogP contribution in [0.3, 0.4) is 0 Å². The van der Waals surface area contributed by atoms with Crippen LogP contribution in [0.5, 0.6) is 5.75 Å². The van der Waals surface area contributed by atoms with Crippen LogP contribution in [0.15, 0.2) is 24.3 Å². The number of morpholine rings is 1. The van der Waals surface area contributed by atoms with Crippen molar-refractivity contribution in [1.82, 2.24) is 0 Å². The minimum atomic E-state index is -0.0844. The van der Waals surface area contributed by atoms with E-state index in [0.717, 1.165) is 30.4 Å². The minimum absolute atomic E-state index is 0.0844. The van der Waals surface area contributed by atoms with E-state index in [9.17, 15) is 4.79 Å². The maximum atomic E-state index is 12.7. The number of ether oxygens (including phenoxy) is 2. The Morgan fingerprint density at radius 2 is 1.85 bits per heavy atom. The molecule has 1 aliphatic rings. The lowest BCUT2D eigenvalue weighted by molar-refractivity contribution is -0.928. The zero-order valence-electron chi connectivity index (χ0n) is 16.7. The molecule has 0 bridgehead atoms. The van der Waals surface area contributed by atoms with Gasteiger partial charge in [-0.2, -0.15) is 0 Å². The van der Waals surface area contributed by atoms with Crippen LogP contribution in [-0.4, -0.2) is 38.3 Å². The first-order valence-corrected chi connectivity index (χ1v) is 10.2. The Hall–Kier alpha value is -1.89. The van der Waals surface area contributed by atoms with Gasteiger partial charge in [0.1, 0.15) is 42.6 Å². The summed E-state index contributed by atoms with van der Waals surface area (Å²) in [6.07, 6.45) is 0.530. The van der Waals surface area contributed by atoms with Crippen LogP contribution in [0.25, 0.3) is 0 Å². The van der Waals surface area contributed by atoms with Crippen molar-refractivity contribution in [2.75, 3.05) is 25.5 Å². The van der Waals surface area contributed by atoms with Gasteiger partial charge in [-0.05, 0) is 57.5 Å². The summed E-state index contributed by atoms with van der Waals surface area (Å²) >= 11 is 1.66. The van der Waals surface area contributed by atoms with Crippen molar-refractivity contribution in [1.29, 1.82) is 0 Å². The average molecular weight is 390 g/mol. The summed E-state index contributed by atoms with van der Waals surface area (Å²) in [5.74, 6) is 0.660. The van der Waals surface area contributed by atoms with Crippen LogP contribution in [0.2, 0.25) is 0 Å². The number of thiophene rings is 1. The highest BCUT2D eigenvalue weighted by atomic mass is 32.1. The zero-order chi connectivity index (χ0) is 19.6. The maximum Gasteiger partial charge on any atom is 0.256 e. The van der Waals surface area contributed by atoms with Crippen molar-refractivity contribution in [3.8, 4) is 5.75 Å². The highest BCUT2D eigenvalue weighted by Gasteiger charge is 2.28. The number of hydrogen-bond donors (Lipinski definition) is 2. The fourth-order valence-electron chi connectivity index (χ4n) is 3.69. The molecule has 5 nitrogen and oxygen atoms in total. The smallest absolute Gasteiger partial charge is 0.256 e. The molecule has 2 N–H and O–H groups in total. The molecular weight excluding hydrogens is 360 g/mol. The van der Waals surface area contributed by atoms with Crippen molar-refractivity contribution in [3.63, 3.8) is 0 Å². The third-order valence-electron chi connectivity index (χ3n) is 5.13. The van der Waals surface area contributed by atoms with Crippen molar-refractivity contribution >= 4 is 22.2 Å². The van der Waals surface area contributed by atoms with Crippen LogP contribution in [0.4, 0.5) is 5.00 Å². The fourth-order valence-corrected chi connectivity index (χ4v) is 4.76. The van der Waals surface area contributed by atoms with Gasteiger partial charge in [0.25, 0.3) is 5.91 Å². The van der Waals surface area contributed by atoms with E-state index >= 15 is 0 Å². The predicted octanol–water partition coefficient (Wildman–Crippen LogP) is 2.82. The molecule has 1 saturated heterocycles. The molecule has 1 aromatic heterocycles. The molecule has 0 radical (unpaired) electrons. The van der Waals surface area contributed by atoms with Gasteiger partial charge >= 0.3 is 0 Å². The lowest BCUT2D eigenvalue weighted by Gasteiger charge is -2.32. The second-order valence-electron chi connectivity index (χ2n) is 7.37. The predicted molar refractivity (Wildman–Crippen MR) is 109 cm³/mol. The number of carbonyl (C=O) groups is 1. The molecule has 2 atom stereocenters. The Morgan fingerprint density at radius 3 is 2.44 bits per heavy atom. The van der Waals surface area contributed by atoms with E-state index < -0.39 is 0 Å². The number of methoxy groups -OCH3 is 1. The lowest BCUT2D eigenvalue weighted by Crippen LogP contribution is -3.14. The number of aryl methyl sites for hydroxylation is 1. The number of amides is 1. The van der Waals surface area contributed by atoms with Crippen molar-refractivity contribution in [2.24, 2.45) is 0 Å². The Morgan fingerprint density at radius 1 is 1.22 bits per heavy atom. The minimum Gasteiger partial charge on any atom is -0.497 e. The van der Waals surface area contributed by atoms with Crippen molar-refractivity contribution in [2.45, 2.75) is 46.4 Å². The van der Waals surface area contributed by atoms with Crippen LogP contribution < -0.4 is 15.0 Å². The zero-order valence-corrected chi connectivity index (χ0v) is 17.5. The van der Waals surface area contributed by atoms with Gasteiger partial charge < -0.3 is 19.7 Å². The average Bonchev–Trinajstić information content (AvgIpc) is 2.88. The third-order valence-corrected chi connectivity index (χ3v) is 6.30. The highest BCUT2D eigenvalue weighted by molar-refractivity contribution is 7.16. The van der Waals surface area contributed by atoms with E-state index in [4.69, 9.17) is 9.47 Å². The van der Waals surface area contributed by atoms with Gasteiger partial charge in [0.05, 0.1) is 7.11 Å². The number of nitrogens with one attached hydrogen (secondary N) is 2. The summed E-state index contributed by atoms with van der Waals surface area (Å²) < 4.78 is 11.0. The summed E-state index contributed by atoms with van der Waals surface area (Å²) in [5.41, 5.74) is 3.16. The molecule has 0 unspecified atom stereocenters. The molecule has 6 heteroatoms. The van der Waals surface area contributed by atoms with Crippen LogP contribution >= 0.6 is 11.3 Å². The van der Waals surface area contributed by atoms with Crippen LogP contribution in [0, 0.1) is 13.8 Å². The molecule has 2 aromatic rings. The largest absolute Gasteiger partial charge is 0.497 e. The first kappa shape index (κ1) is 19.9. The molecule has 3 rings (SSSR count). The second-order valence-corrected chi connectivity index (χ2v) is 8.59. The summed E-state index contributed by atoms with van der Waals surface area (Å²) in [7, 11) is 1.62. The monoisotopic (exact) mass is 389 g/mol. The van der Waals surface area contributed by atoms with Gasteiger partial charge in [0.2, 0.25) is 0 Å². The van der Waals surface area contributed by atoms with E-state index in [1.807, 2.05) is 0 Å². The summed E-state index contributed by atoms with van der Waals surface area (Å²) in [4.78, 5) is 15.5. The van der Waals surface area contributed by atoms with Gasteiger partial charge in [-0.1, -0.05) is 0 Å². The first-order valence-electron chi connectivity index (χ1n) is 9.40. The SMILES string of the molecule is COc1ccc(C(=O)Nc2sc(C)c(C)c2C[NH+]2C[C@H](C)O[C@@H](C)C2)cc1. The summed E-state index contributed by atoms with van der Waals surface area (Å²) in [6, 6.07) is 7.19. The Labute approximate surface area is 165 Å². The fraction of sp³-hybridized carbons (Fsp3) is 0.476. The molecule has 0 saturated carbocycles. The molecular formula is C21H29N2O3S+. The van der Waals surface area contributed by atoms with Crippen LogP contribution in [0.1, 0.15) is 40.2 Å². The van der Waals surface area contributed by atoms with E-state index in [1.54, 1.807) is 42.7 Å². The van der Waals surface area contributed by atoms with E-state index in [-0.39, 0.29) is 18.1 Å². The first-order chi connectivity index (χ1) is 12.9. The quantitative estimate of drug-likeness (QED) is 0.827. The molecule has 0 spiro atoms. The Balaban J connectivity index is 1.77. The molecule has 1 amide bonds. The van der Waals surface area contributed by atoms with Gasteiger partial charge in [0.15, 0.2) is 0 Å². The number of anilines is 1. The van der Waals surface area contributed by atoms with Gasteiger partial charge in [-0.3, -0.25) is 4.79 Å². The van der Waals surface area contributed by atoms with Gasteiger partial charge in [0, 0.05) is 16.0 Å². The van der Waals surface area contributed by atoms with E-state index in [1.165, 1.54) is 20.9 Å². The standard InChI is InChI=1S/C21H28N2O3S/c1-13-10-23(11-14(2)26-13)12-19-15(3)16(4)27-21(19)22-20(24)17-6-8-18(25-5)9-7-17/h6-9,13-14H,10-12H2,1-5H3,(H,22,24)/p+1/t13-,14-/m0/s1. The van der Waals surface area contributed by atoms with Crippen molar-refractivity contribution in [3.05, 3.63) is 45.8 Å². The molecule has 1 aliphatic heterocycles. The Kier molecular flexibility index (Phi) is 6.19. The van der Waals surface area contributed by atoms with Crippen LogP contribution in [-0.2, 0) is 11.3 Å². The summed E-state index contributed by atoms with van der Waals surface area (Å²) in [6.45, 7) is 11.4. The normalized spacial score (nSPS) is 22.5. The number of hydrogen-bond acceptors (Lipinski definition) is 4. The number of benzene rings is 1. The molecule has 0 aliphatic carbocycles. The number of rotatable bonds is 5. The lowest BCUT2D eigenvalue weighted by atomic mass is 10.1. The number of quaternary nitrogens is 1. The highest BCUT2D eigenvalue weighted by Crippen LogP contribution is 2.32. The van der Waals surface area contributed by atoms with E-state index in [0.29, 0.717) is 5.56 Å².